The van der Waals surface area contributed by atoms with Gasteiger partial charge in [-0.25, -0.2) is 4.39 Å². The van der Waals surface area contributed by atoms with E-state index in [1.54, 1.807) is 33.5 Å². The van der Waals surface area contributed by atoms with Crippen molar-refractivity contribution in [2.75, 3.05) is 39.8 Å². The highest BCUT2D eigenvalue weighted by molar-refractivity contribution is 7.80. The third kappa shape index (κ3) is 5.02. The van der Waals surface area contributed by atoms with Gasteiger partial charge in [0.2, 0.25) is 0 Å². The van der Waals surface area contributed by atoms with Crippen LogP contribution in [-0.2, 0) is 6.42 Å². The molecular formula is C26H27FN2O4S. The number of para-hydroxylation sites is 2. The highest BCUT2D eigenvalue weighted by Gasteiger charge is 2.31. The van der Waals surface area contributed by atoms with E-state index >= 15 is 0 Å². The fourth-order valence-electron chi connectivity index (χ4n) is 4.12. The predicted octanol–water partition coefficient (Wildman–Crippen LogP) is 5.23. The minimum atomic E-state index is -0.329. The fraction of sp³-hybridized carbons (Fsp3) is 0.269. The summed E-state index contributed by atoms with van der Waals surface area (Å²) < 4.78 is 36.4. The summed E-state index contributed by atoms with van der Waals surface area (Å²) in [6, 6.07) is 17.5. The molecule has 1 unspecified atom stereocenters. The first-order valence-electron chi connectivity index (χ1n) is 10.9. The van der Waals surface area contributed by atoms with Crippen molar-refractivity contribution in [1.82, 2.24) is 4.90 Å². The first-order valence-corrected chi connectivity index (χ1v) is 11.3. The number of nitrogens with one attached hydrogen (secondary N) is 1. The maximum Gasteiger partial charge on any atom is 0.174 e. The summed E-state index contributed by atoms with van der Waals surface area (Å²) in [6.45, 7) is 0.970. The SMILES string of the molecule is COc1cc2c(cc1OC)C(COc1ccccc1OC)N(C(=S)Nc1cccc(F)c1)CC2. The molecule has 6 nitrogen and oxygen atoms in total. The lowest BCUT2D eigenvalue weighted by Gasteiger charge is -2.39. The van der Waals surface area contributed by atoms with E-state index in [0.29, 0.717) is 46.9 Å². The number of ether oxygens (including phenoxy) is 4. The third-order valence-corrected chi connectivity index (χ3v) is 6.14. The van der Waals surface area contributed by atoms with Crippen molar-refractivity contribution in [2.24, 2.45) is 0 Å². The maximum atomic E-state index is 13.7. The van der Waals surface area contributed by atoms with E-state index in [2.05, 4.69) is 10.2 Å². The van der Waals surface area contributed by atoms with Gasteiger partial charge >= 0.3 is 0 Å². The van der Waals surface area contributed by atoms with Crippen LogP contribution in [0.25, 0.3) is 0 Å². The molecule has 0 spiro atoms. The molecule has 0 saturated heterocycles. The van der Waals surface area contributed by atoms with Crippen molar-refractivity contribution in [2.45, 2.75) is 12.5 Å². The molecule has 34 heavy (non-hydrogen) atoms. The molecule has 3 aromatic rings. The Bertz CT molecular complexity index is 1170. The minimum absolute atomic E-state index is 0.220. The number of hydrogen-bond acceptors (Lipinski definition) is 5. The van der Waals surface area contributed by atoms with Crippen LogP contribution in [0.1, 0.15) is 17.2 Å². The lowest BCUT2D eigenvalue weighted by Crippen LogP contribution is -2.44. The number of nitrogens with zero attached hydrogens (tertiary/aromatic N) is 1. The van der Waals surface area contributed by atoms with E-state index < -0.39 is 0 Å². The third-order valence-electron chi connectivity index (χ3n) is 5.81. The van der Waals surface area contributed by atoms with E-state index in [-0.39, 0.29) is 11.9 Å². The zero-order valence-electron chi connectivity index (χ0n) is 19.3. The van der Waals surface area contributed by atoms with Crippen molar-refractivity contribution in [3.8, 4) is 23.0 Å². The Balaban J connectivity index is 1.66. The second kappa shape index (κ2) is 10.6. The van der Waals surface area contributed by atoms with E-state index in [4.69, 9.17) is 31.2 Å². The molecule has 3 aromatic carbocycles. The standard InChI is InChI=1S/C26H27FN2O4S/c1-30-22-9-4-5-10-23(22)33-16-21-20-15-25(32-3)24(31-2)13-17(20)11-12-29(21)26(34)28-19-8-6-7-18(27)14-19/h4-10,13-15,21H,11-12,16H2,1-3H3,(H,28,34). The molecule has 0 aliphatic carbocycles. The largest absolute Gasteiger partial charge is 0.493 e. The molecule has 1 N–H and O–H groups in total. The maximum absolute atomic E-state index is 13.7. The molecule has 0 aromatic heterocycles. The highest BCUT2D eigenvalue weighted by atomic mass is 32.1. The van der Waals surface area contributed by atoms with E-state index in [0.717, 1.165) is 17.5 Å². The summed E-state index contributed by atoms with van der Waals surface area (Å²) in [5, 5.41) is 3.65. The van der Waals surface area contributed by atoms with Crippen molar-refractivity contribution < 1.29 is 23.3 Å². The molecule has 4 rings (SSSR count). The molecule has 1 aliphatic rings. The molecule has 8 heteroatoms. The number of halogens is 1. The van der Waals surface area contributed by atoms with Crippen molar-refractivity contribution in [3.63, 3.8) is 0 Å². The molecule has 1 atom stereocenters. The number of thiocarbonyl (C=S) groups is 1. The fourth-order valence-corrected chi connectivity index (χ4v) is 4.46. The summed E-state index contributed by atoms with van der Waals surface area (Å²) in [7, 11) is 4.85. The number of anilines is 1. The van der Waals surface area contributed by atoms with Gasteiger partial charge < -0.3 is 29.2 Å². The van der Waals surface area contributed by atoms with Crippen LogP contribution < -0.4 is 24.3 Å². The summed E-state index contributed by atoms with van der Waals surface area (Å²) in [6.07, 6.45) is 0.756. The van der Waals surface area contributed by atoms with Gasteiger partial charge in [0.1, 0.15) is 12.4 Å². The van der Waals surface area contributed by atoms with Crippen LogP contribution in [-0.4, -0.2) is 44.5 Å². The summed E-state index contributed by atoms with van der Waals surface area (Å²) in [5.74, 6) is 2.28. The zero-order valence-corrected chi connectivity index (χ0v) is 20.2. The topological polar surface area (TPSA) is 52.2 Å². The van der Waals surface area contributed by atoms with Gasteiger partial charge in [0.25, 0.3) is 0 Å². The Labute approximate surface area is 204 Å². The van der Waals surface area contributed by atoms with Crippen LogP contribution in [0.5, 0.6) is 23.0 Å². The second-order valence-electron chi connectivity index (χ2n) is 7.77. The lowest BCUT2D eigenvalue weighted by atomic mass is 9.92. The van der Waals surface area contributed by atoms with Crippen LogP contribution in [0.2, 0.25) is 0 Å². The van der Waals surface area contributed by atoms with E-state index in [1.165, 1.54) is 12.1 Å². The smallest absolute Gasteiger partial charge is 0.174 e. The van der Waals surface area contributed by atoms with E-state index in [9.17, 15) is 4.39 Å². The molecule has 0 amide bonds. The average Bonchev–Trinajstić information content (AvgIpc) is 2.86. The van der Waals surface area contributed by atoms with Crippen LogP contribution in [0, 0.1) is 5.82 Å². The number of hydrogen-bond donors (Lipinski definition) is 1. The summed E-state index contributed by atoms with van der Waals surface area (Å²) in [4.78, 5) is 2.06. The zero-order chi connectivity index (χ0) is 24.1. The number of methoxy groups -OCH3 is 3. The quantitative estimate of drug-likeness (QED) is 0.463. The Morgan fingerprint density at radius 1 is 0.941 bits per heavy atom. The van der Waals surface area contributed by atoms with Crippen LogP contribution in [0.15, 0.2) is 60.7 Å². The predicted molar refractivity (Wildman–Crippen MR) is 134 cm³/mol. The molecule has 0 saturated carbocycles. The Morgan fingerprint density at radius 3 is 2.35 bits per heavy atom. The molecule has 1 aliphatic heterocycles. The monoisotopic (exact) mass is 482 g/mol. The molecule has 0 bridgehead atoms. The normalized spacial score (nSPS) is 14.7. The Morgan fingerprint density at radius 2 is 1.65 bits per heavy atom. The Hall–Kier alpha value is -3.52. The van der Waals surface area contributed by atoms with Crippen molar-refractivity contribution >= 4 is 23.0 Å². The molecule has 1 heterocycles. The molecule has 0 radical (unpaired) electrons. The van der Waals surface area contributed by atoms with Gasteiger partial charge in [-0.3, -0.25) is 0 Å². The number of rotatable bonds is 7. The summed E-state index contributed by atoms with van der Waals surface area (Å²) >= 11 is 5.75. The highest BCUT2D eigenvalue weighted by Crippen LogP contribution is 2.39. The number of benzene rings is 3. The van der Waals surface area contributed by atoms with Gasteiger partial charge in [-0.2, -0.15) is 0 Å². The first kappa shape index (κ1) is 23.6. The molecule has 0 fully saturated rings. The van der Waals surface area contributed by atoms with Gasteiger partial charge in [0, 0.05) is 12.2 Å². The van der Waals surface area contributed by atoms with Crippen molar-refractivity contribution in [1.29, 1.82) is 0 Å². The molecular weight excluding hydrogens is 455 g/mol. The van der Waals surface area contributed by atoms with E-state index in [1.807, 2.05) is 36.4 Å². The molecule has 178 valence electrons. The van der Waals surface area contributed by atoms with Crippen LogP contribution >= 0.6 is 12.2 Å². The average molecular weight is 483 g/mol. The van der Waals surface area contributed by atoms with Gasteiger partial charge in [-0.15, -0.1) is 0 Å². The van der Waals surface area contributed by atoms with Crippen molar-refractivity contribution in [3.05, 3.63) is 77.6 Å². The Kier molecular flexibility index (Phi) is 7.37. The summed E-state index contributed by atoms with van der Waals surface area (Å²) in [5.41, 5.74) is 2.76. The second-order valence-corrected chi connectivity index (χ2v) is 8.15. The van der Waals surface area contributed by atoms with Gasteiger partial charge in [0.05, 0.1) is 27.4 Å². The van der Waals surface area contributed by atoms with Gasteiger partial charge in [-0.1, -0.05) is 18.2 Å². The van der Waals surface area contributed by atoms with Gasteiger partial charge in [-0.05, 0) is 72.2 Å². The van der Waals surface area contributed by atoms with Gasteiger partial charge in [0.15, 0.2) is 28.1 Å². The first-order chi connectivity index (χ1) is 16.5. The number of fused-ring (bicyclic) bond motifs is 1. The lowest BCUT2D eigenvalue weighted by molar-refractivity contribution is 0.185. The minimum Gasteiger partial charge on any atom is -0.493 e. The van der Waals surface area contributed by atoms with Crippen LogP contribution in [0.4, 0.5) is 10.1 Å². The van der Waals surface area contributed by atoms with Crippen LogP contribution in [0.3, 0.4) is 0 Å².